The third kappa shape index (κ3) is 4.83. The van der Waals surface area contributed by atoms with Crippen LogP contribution in [0.1, 0.15) is 29.7 Å². The molecule has 1 aromatic heterocycles. The second-order valence-corrected chi connectivity index (χ2v) is 7.92. The summed E-state index contributed by atoms with van der Waals surface area (Å²) in [5.41, 5.74) is 0. The quantitative estimate of drug-likeness (QED) is 0.826. The number of thiazole rings is 1. The molecule has 5 nitrogen and oxygen atoms in total. The Hall–Kier alpha value is -0.500. The van der Waals surface area contributed by atoms with Crippen molar-refractivity contribution in [2.75, 3.05) is 18.8 Å². The SMILES string of the molecule is CCc1cnc(CNS(=O)(=O)CC2CCNCC2)s1. The molecule has 1 aliphatic heterocycles. The highest BCUT2D eigenvalue weighted by Crippen LogP contribution is 2.15. The number of hydrogen-bond acceptors (Lipinski definition) is 5. The molecule has 0 saturated carbocycles. The summed E-state index contributed by atoms with van der Waals surface area (Å²) >= 11 is 1.57. The van der Waals surface area contributed by atoms with Crippen LogP contribution in [0.25, 0.3) is 0 Å². The van der Waals surface area contributed by atoms with Gasteiger partial charge in [0, 0.05) is 11.1 Å². The normalized spacial score (nSPS) is 17.7. The molecule has 108 valence electrons. The minimum atomic E-state index is -3.19. The van der Waals surface area contributed by atoms with Crippen molar-refractivity contribution in [3.63, 3.8) is 0 Å². The topological polar surface area (TPSA) is 71.1 Å². The molecule has 1 aromatic rings. The maximum atomic E-state index is 12.0. The van der Waals surface area contributed by atoms with Crippen molar-refractivity contribution in [3.8, 4) is 0 Å². The van der Waals surface area contributed by atoms with Crippen LogP contribution in [-0.2, 0) is 23.0 Å². The van der Waals surface area contributed by atoms with Gasteiger partial charge in [0.1, 0.15) is 5.01 Å². The minimum absolute atomic E-state index is 0.237. The third-order valence-electron chi connectivity index (χ3n) is 3.31. The Bertz CT molecular complexity index is 493. The largest absolute Gasteiger partial charge is 0.317 e. The summed E-state index contributed by atoms with van der Waals surface area (Å²) in [5, 5.41) is 4.08. The molecular weight excluding hydrogens is 282 g/mol. The van der Waals surface area contributed by atoms with E-state index in [0.29, 0.717) is 6.54 Å². The highest BCUT2D eigenvalue weighted by Gasteiger charge is 2.21. The van der Waals surface area contributed by atoms with Crippen molar-refractivity contribution in [2.45, 2.75) is 32.7 Å². The van der Waals surface area contributed by atoms with Crippen molar-refractivity contribution >= 4 is 21.4 Å². The lowest BCUT2D eigenvalue weighted by Crippen LogP contribution is -2.35. The smallest absolute Gasteiger partial charge is 0.212 e. The molecule has 2 heterocycles. The zero-order chi connectivity index (χ0) is 13.7. The van der Waals surface area contributed by atoms with Crippen molar-refractivity contribution in [3.05, 3.63) is 16.1 Å². The molecule has 2 N–H and O–H groups in total. The molecular formula is C12H21N3O2S2. The van der Waals surface area contributed by atoms with Gasteiger partial charge in [0.2, 0.25) is 10.0 Å². The van der Waals surface area contributed by atoms with E-state index in [0.717, 1.165) is 37.4 Å². The van der Waals surface area contributed by atoms with E-state index in [1.807, 2.05) is 6.20 Å². The van der Waals surface area contributed by atoms with Gasteiger partial charge in [-0.05, 0) is 38.3 Å². The van der Waals surface area contributed by atoms with E-state index in [2.05, 4.69) is 21.9 Å². The Morgan fingerprint density at radius 2 is 2.21 bits per heavy atom. The van der Waals surface area contributed by atoms with Crippen molar-refractivity contribution in [1.29, 1.82) is 0 Å². The molecule has 0 amide bonds. The van der Waals surface area contributed by atoms with E-state index >= 15 is 0 Å². The van der Waals surface area contributed by atoms with Crippen LogP contribution in [0, 0.1) is 5.92 Å². The molecule has 0 radical (unpaired) electrons. The highest BCUT2D eigenvalue weighted by molar-refractivity contribution is 7.89. The fourth-order valence-electron chi connectivity index (χ4n) is 2.18. The molecule has 0 atom stereocenters. The minimum Gasteiger partial charge on any atom is -0.317 e. The number of nitrogens with zero attached hydrogens (tertiary/aromatic N) is 1. The van der Waals surface area contributed by atoms with Crippen LogP contribution >= 0.6 is 11.3 Å². The lowest BCUT2D eigenvalue weighted by atomic mass is 10.0. The summed E-state index contributed by atoms with van der Waals surface area (Å²) in [6, 6.07) is 0. The molecule has 0 bridgehead atoms. The maximum Gasteiger partial charge on any atom is 0.212 e. The number of piperidine rings is 1. The van der Waals surface area contributed by atoms with E-state index in [9.17, 15) is 8.42 Å². The fraction of sp³-hybridized carbons (Fsp3) is 0.750. The Labute approximate surface area is 118 Å². The number of hydrogen-bond donors (Lipinski definition) is 2. The Morgan fingerprint density at radius 3 is 2.84 bits per heavy atom. The molecule has 2 rings (SSSR count). The number of aromatic nitrogens is 1. The standard InChI is InChI=1S/C12H21N3O2S2/c1-2-11-7-14-12(18-11)8-15-19(16,17)9-10-3-5-13-6-4-10/h7,10,13,15H,2-6,8-9H2,1H3. The maximum absolute atomic E-state index is 12.0. The number of aryl methyl sites for hydroxylation is 1. The van der Waals surface area contributed by atoms with E-state index in [1.54, 1.807) is 11.3 Å². The predicted molar refractivity (Wildman–Crippen MR) is 77.7 cm³/mol. The first-order chi connectivity index (χ1) is 9.09. The summed E-state index contributed by atoms with van der Waals surface area (Å²) in [6.07, 6.45) is 4.65. The zero-order valence-electron chi connectivity index (χ0n) is 11.2. The molecule has 1 aliphatic rings. The van der Waals surface area contributed by atoms with Gasteiger partial charge in [0.25, 0.3) is 0 Å². The van der Waals surface area contributed by atoms with Gasteiger partial charge in [0.05, 0.1) is 12.3 Å². The van der Waals surface area contributed by atoms with Gasteiger partial charge in [-0.2, -0.15) is 0 Å². The first-order valence-electron chi connectivity index (χ1n) is 6.70. The van der Waals surface area contributed by atoms with E-state index in [1.165, 1.54) is 4.88 Å². The summed E-state index contributed by atoms with van der Waals surface area (Å²) in [7, 11) is -3.19. The van der Waals surface area contributed by atoms with Crippen molar-refractivity contribution in [2.24, 2.45) is 5.92 Å². The summed E-state index contributed by atoms with van der Waals surface area (Å²) in [6.45, 7) is 4.23. The monoisotopic (exact) mass is 303 g/mol. The van der Waals surface area contributed by atoms with Gasteiger partial charge in [-0.15, -0.1) is 11.3 Å². The summed E-state index contributed by atoms with van der Waals surface area (Å²) in [5.74, 6) is 0.516. The summed E-state index contributed by atoms with van der Waals surface area (Å²) in [4.78, 5) is 5.41. The fourth-order valence-corrected chi connectivity index (χ4v) is 4.50. The third-order valence-corrected chi connectivity index (χ3v) is 5.94. The van der Waals surface area contributed by atoms with E-state index in [4.69, 9.17) is 0 Å². The van der Waals surface area contributed by atoms with Crippen LogP contribution in [0.3, 0.4) is 0 Å². The Kier molecular flexibility index (Phi) is 5.32. The number of nitrogens with one attached hydrogen (secondary N) is 2. The first kappa shape index (κ1) is 14.9. The first-order valence-corrected chi connectivity index (χ1v) is 9.17. The molecule has 19 heavy (non-hydrogen) atoms. The van der Waals surface area contributed by atoms with Crippen LogP contribution in [0.2, 0.25) is 0 Å². The van der Waals surface area contributed by atoms with Crippen LogP contribution in [-0.4, -0.2) is 32.2 Å². The van der Waals surface area contributed by atoms with Crippen LogP contribution in [0.5, 0.6) is 0 Å². The Balaban J connectivity index is 1.83. The molecule has 0 aromatic carbocycles. The zero-order valence-corrected chi connectivity index (χ0v) is 12.8. The molecule has 0 spiro atoms. The van der Waals surface area contributed by atoms with E-state index in [-0.39, 0.29) is 11.7 Å². The van der Waals surface area contributed by atoms with Gasteiger partial charge in [-0.1, -0.05) is 6.92 Å². The number of rotatable bonds is 6. The van der Waals surface area contributed by atoms with Crippen molar-refractivity contribution < 1.29 is 8.42 Å². The molecule has 0 unspecified atom stereocenters. The van der Waals surface area contributed by atoms with Crippen molar-refractivity contribution in [1.82, 2.24) is 15.0 Å². The van der Waals surface area contributed by atoms with Gasteiger partial charge in [-0.25, -0.2) is 18.1 Å². The second-order valence-electron chi connectivity index (χ2n) is 4.87. The van der Waals surface area contributed by atoms with Gasteiger partial charge in [-0.3, -0.25) is 0 Å². The lowest BCUT2D eigenvalue weighted by molar-refractivity contribution is 0.400. The second kappa shape index (κ2) is 6.78. The Morgan fingerprint density at radius 1 is 1.47 bits per heavy atom. The van der Waals surface area contributed by atoms with Gasteiger partial charge < -0.3 is 5.32 Å². The lowest BCUT2D eigenvalue weighted by Gasteiger charge is -2.22. The predicted octanol–water partition coefficient (Wildman–Crippen LogP) is 1.12. The molecule has 1 saturated heterocycles. The molecule has 7 heteroatoms. The highest BCUT2D eigenvalue weighted by atomic mass is 32.2. The number of sulfonamides is 1. The average Bonchev–Trinajstić information content (AvgIpc) is 2.85. The molecule has 1 fully saturated rings. The molecule has 0 aliphatic carbocycles. The average molecular weight is 303 g/mol. The van der Waals surface area contributed by atoms with Gasteiger partial charge >= 0.3 is 0 Å². The van der Waals surface area contributed by atoms with Gasteiger partial charge in [0.15, 0.2) is 0 Å². The van der Waals surface area contributed by atoms with E-state index < -0.39 is 10.0 Å². The van der Waals surface area contributed by atoms with Crippen LogP contribution in [0.15, 0.2) is 6.20 Å². The van der Waals surface area contributed by atoms with Crippen LogP contribution < -0.4 is 10.0 Å². The van der Waals surface area contributed by atoms with Crippen LogP contribution in [0.4, 0.5) is 0 Å². The summed E-state index contributed by atoms with van der Waals surface area (Å²) < 4.78 is 26.6.